The van der Waals surface area contributed by atoms with Crippen LogP contribution in [0.2, 0.25) is 5.02 Å². The Labute approximate surface area is 115 Å². The molecule has 19 heavy (non-hydrogen) atoms. The molecule has 2 rings (SSSR count). The average Bonchev–Trinajstić information content (AvgIpc) is 2.38. The lowest BCUT2D eigenvalue weighted by Gasteiger charge is -2.09. The quantitative estimate of drug-likeness (QED) is 0.911. The van der Waals surface area contributed by atoms with Crippen molar-refractivity contribution in [2.45, 2.75) is 6.54 Å². The molecule has 2 nitrogen and oxygen atoms in total. The molecule has 0 aliphatic rings. The third-order valence-corrected chi connectivity index (χ3v) is 2.81. The Kier molecular flexibility index (Phi) is 4.35. The van der Waals surface area contributed by atoms with Crippen LogP contribution in [0.5, 0.6) is 11.5 Å². The van der Waals surface area contributed by atoms with Crippen LogP contribution in [-0.2, 0) is 6.54 Å². The van der Waals surface area contributed by atoms with Crippen molar-refractivity contribution in [3.63, 3.8) is 0 Å². The molecule has 0 spiro atoms. The van der Waals surface area contributed by atoms with Crippen molar-refractivity contribution in [2.24, 2.45) is 0 Å². The molecule has 1 N–H and O–H groups in total. The second kappa shape index (κ2) is 5.99. The molecular formula is C14H12ClF2NO. The Hall–Kier alpha value is -1.65. The highest BCUT2D eigenvalue weighted by Crippen LogP contribution is 2.30. The molecule has 0 heterocycles. The summed E-state index contributed by atoms with van der Waals surface area (Å²) in [5.74, 6) is -1.40. The van der Waals surface area contributed by atoms with E-state index in [4.69, 9.17) is 16.3 Å². The summed E-state index contributed by atoms with van der Waals surface area (Å²) in [5, 5.41) is 2.85. The minimum absolute atomic E-state index is 0.0407. The molecule has 5 heteroatoms. The zero-order valence-electron chi connectivity index (χ0n) is 10.2. The maximum Gasteiger partial charge on any atom is 0.184 e. The van der Waals surface area contributed by atoms with Gasteiger partial charge in [-0.2, -0.15) is 0 Å². The van der Waals surface area contributed by atoms with Gasteiger partial charge in [0.15, 0.2) is 23.1 Å². The Morgan fingerprint density at radius 2 is 1.95 bits per heavy atom. The molecule has 0 saturated carbocycles. The van der Waals surface area contributed by atoms with Gasteiger partial charge in [-0.3, -0.25) is 0 Å². The minimum Gasteiger partial charge on any atom is -0.451 e. The van der Waals surface area contributed by atoms with Crippen LogP contribution in [0, 0.1) is 11.6 Å². The second-order valence-corrected chi connectivity index (χ2v) is 4.36. The Balaban J connectivity index is 2.26. The van der Waals surface area contributed by atoms with Crippen LogP contribution in [0.25, 0.3) is 0 Å². The van der Waals surface area contributed by atoms with Crippen LogP contribution in [0.4, 0.5) is 8.78 Å². The highest BCUT2D eigenvalue weighted by Gasteiger charge is 2.11. The summed E-state index contributed by atoms with van der Waals surface area (Å²) in [6.45, 7) is 0.544. The molecule has 0 saturated heterocycles. The summed E-state index contributed by atoms with van der Waals surface area (Å²) in [4.78, 5) is 0. The van der Waals surface area contributed by atoms with Crippen molar-refractivity contribution < 1.29 is 13.5 Å². The Morgan fingerprint density at radius 3 is 2.63 bits per heavy atom. The van der Waals surface area contributed by atoms with Crippen LogP contribution < -0.4 is 10.1 Å². The third-order valence-electron chi connectivity index (χ3n) is 2.51. The molecule has 0 aliphatic carbocycles. The number of rotatable bonds is 4. The van der Waals surface area contributed by atoms with E-state index in [0.29, 0.717) is 6.54 Å². The van der Waals surface area contributed by atoms with Gasteiger partial charge in [0.05, 0.1) is 5.02 Å². The van der Waals surface area contributed by atoms with Crippen molar-refractivity contribution in [3.8, 4) is 11.5 Å². The topological polar surface area (TPSA) is 21.3 Å². The molecule has 0 aliphatic heterocycles. The van der Waals surface area contributed by atoms with Crippen LogP contribution >= 0.6 is 11.6 Å². The molecule has 0 fully saturated rings. The molecular weight excluding hydrogens is 272 g/mol. The molecule has 100 valence electrons. The first-order chi connectivity index (χ1) is 9.11. The first kappa shape index (κ1) is 13.8. The van der Waals surface area contributed by atoms with Gasteiger partial charge in [-0.05, 0) is 36.9 Å². The van der Waals surface area contributed by atoms with Gasteiger partial charge < -0.3 is 10.1 Å². The number of hydrogen-bond donors (Lipinski definition) is 1. The Morgan fingerprint density at radius 1 is 1.16 bits per heavy atom. The summed E-state index contributed by atoms with van der Waals surface area (Å²) >= 11 is 5.63. The lowest BCUT2D eigenvalue weighted by Crippen LogP contribution is -2.05. The van der Waals surface area contributed by atoms with Gasteiger partial charge in [-0.1, -0.05) is 23.7 Å². The molecule has 0 atom stereocenters. The van der Waals surface area contributed by atoms with Crippen LogP contribution in [0.3, 0.4) is 0 Å². The van der Waals surface area contributed by atoms with Crippen molar-refractivity contribution in [3.05, 3.63) is 58.6 Å². The number of ether oxygens (including phenoxy) is 1. The van der Waals surface area contributed by atoms with Crippen molar-refractivity contribution >= 4 is 11.6 Å². The standard InChI is InChI=1S/C14H12ClF2NO/c1-18-8-9-5-6-12(11(16)7-9)19-13-4-2-3-10(15)14(13)17/h2-7,18H,8H2,1H3. The molecule has 0 unspecified atom stereocenters. The van der Waals surface area contributed by atoms with Gasteiger partial charge in [-0.15, -0.1) is 0 Å². The fourth-order valence-electron chi connectivity index (χ4n) is 1.62. The van der Waals surface area contributed by atoms with Gasteiger partial charge in [0.25, 0.3) is 0 Å². The number of hydrogen-bond acceptors (Lipinski definition) is 2. The molecule has 0 amide bonds. The third kappa shape index (κ3) is 3.22. The van der Waals surface area contributed by atoms with Crippen molar-refractivity contribution in [1.29, 1.82) is 0 Å². The molecule has 0 aromatic heterocycles. The summed E-state index contributed by atoms with van der Waals surface area (Å²) in [5.41, 5.74) is 0.777. The van der Waals surface area contributed by atoms with E-state index < -0.39 is 11.6 Å². The first-order valence-electron chi connectivity index (χ1n) is 5.66. The lowest BCUT2D eigenvalue weighted by molar-refractivity contribution is 0.414. The van der Waals surface area contributed by atoms with E-state index in [1.165, 1.54) is 30.3 Å². The normalized spacial score (nSPS) is 10.5. The van der Waals surface area contributed by atoms with E-state index in [1.807, 2.05) is 0 Å². The number of halogens is 3. The molecule has 2 aromatic rings. The molecule has 0 radical (unpaired) electrons. The monoisotopic (exact) mass is 283 g/mol. The Bertz CT molecular complexity index is 590. The van der Waals surface area contributed by atoms with Gasteiger partial charge in [0, 0.05) is 6.54 Å². The number of benzene rings is 2. The largest absolute Gasteiger partial charge is 0.451 e. The van der Waals surface area contributed by atoms with Gasteiger partial charge in [0.1, 0.15) is 0 Å². The van der Waals surface area contributed by atoms with Crippen LogP contribution in [0.15, 0.2) is 36.4 Å². The number of nitrogens with one attached hydrogen (secondary N) is 1. The SMILES string of the molecule is CNCc1ccc(Oc2cccc(Cl)c2F)c(F)c1. The summed E-state index contributed by atoms with van der Waals surface area (Å²) in [7, 11) is 1.77. The summed E-state index contributed by atoms with van der Waals surface area (Å²) in [6, 6.07) is 8.83. The smallest absolute Gasteiger partial charge is 0.184 e. The fourth-order valence-corrected chi connectivity index (χ4v) is 1.79. The van der Waals surface area contributed by atoms with Gasteiger partial charge in [-0.25, -0.2) is 8.78 Å². The highest BCUT2D eigenvalue weighted by molar-refractivity contribution is 6.30. The van der Waals surface area contributed by atoms with E-state index >= 15 is 0 Å². The average molecular weight is 284 g/mol. The van der Waals surface area contributed by atoms with E-state index in [2.05, 4.69) is 5.32 Å². The maximum atomic E-state index is 13.8. The van der Waals surface area contributed by atoms with E-state index in [9.17, 15) is 8.78 Å². The zero-order chi connectivity index (χ0) is 13.8. The van der Waals surface area contributed by atoms with Crippen molar-refractivity contribution in [2.75, 3.05) is 7.05 Å². The predicted octanol–water partition coefficient (Wildman–Crippen LogP) is 4.13. The molecule has 0 bridgehead atoms. The van der Waals surface area contributed by atoms with Gasteiger partial charge >= 0.3 is 0 Å². The van der Waals surface area contributed by atoms with Crippen molar-refractivity contribution in [1.82, 2.24) is 5.32 Å². The molecule has 2 aromatic carbocycles. The highest BCUT2D eigenvalue weighted by atomic mass is 35.5. The van der Waals surface area contributed by atoms with Crippen LogP contribution in [-0.4, -0.2) is 7.05 Å². The first-order valence-corrected chi connectivity index (χ1v) is 6.04. The van der Waals surface area contributed by atoms with E-state index in [0.717, 1.165) is 5.56 Å². The van der Waals surface area contributed by atoms with E-state index in [1.54, 1.807) is 13.1 Å². The lowest BCUT2D eigenvalue weighted by atomic mass is 10.2. The van der Waals surface area contributed by atoms with E-state index in [-0.39, 0.29) is 16.5 Å². The second-order valence-electron chi connectivity index (χ2n) is 3.95. The van der Waals surface area contributed by atoms with Gasteiger partial charge in [0.2, 0.25) is 0 Å². The fraction of sp³-hybridized carbons (Fsp3) is 0.143. The summed E-state index contributed by atoms with van der Waals surface area (Å²) in [6.07, 6.45) is 0. The van der Waals surface area contributed by atoms with Crippen LogP contribution in [0.1, 0.15) is 5.56 Å². The maximum absolute atomic E-state index is 13.8. The predicted molar refractivity (Wildman–Crippen MR) is 70.6 cm³/mol. The minimum atomic E-state index is -0.706. The summed E-state index contributed by atoms with van der Waals surface area (Å²) < 4.78 is 32.6. The zero-order valence-corrected chi connectivity index (χ0v) is 11.0.